The minimum Gasteiger partial charge on any atom is -0.503 e. The van der Waals surface area contributed by atoms with Gasteiger partial charge in [0.1, 0.15) is 5.82 Å². The van der Waals surface area contributed by atoms with Crippen LogP contribution in [-0.2, 0) is 26.5 Å². The van der Waals surface area contributed by atoms with E-state index in [4.69, 9.17) is 9.72 Å². The van der Waals surface area contributed by atoms with Crippen molar-refractivity contribution in [3.8, 4) is 73.2 Å². The Morgan fingerprint density at radius 1 is 0.582 bits per heavy atom. The van der Waals surface area contributed by atoms with Crippen LogP contribution in [0.15, 0.2) is 188 Å². The summed E-state index contributed by atoms with van der Waals surface area (Å²) < 4.78 is 14.6. The van der Waals surface area contributed by atoms with Crippen molar-refractivity contribution in [1.29, 1.82) is 0 Å². The van der Waals surface area contributed by atoms with Gasteiger partial charge in [-0.1, -0.05) is 182 Å². The molecule has 0 atom stereocenters. The molecular weight excluding hydrogens is 1020 g/mol. The molecule has 0 saturated heterocycles. The minimum absolute atomic E-state index is 0. The van der Waals surface area contributed by atoms with E-state index in [1.807, 2.05) is 18.3 Å². The number of benzene rings is 8. The van der Waals surface area contributed by atoms with E-state index in [0.29, 0.717) is 11.5 Å². The Kier molecular flexibility index (Phi) is 9.76. The molecule has 0 N–H and O–H groups in total. The van der Waals surface area contributed by atoms with E-state index in [1.165, 1.54) is 27.8 Å². The first-order valence-electron chi connectivity index (χ1n) is 22.3. The number of pyridine rings is 1. The molecule has 0 amide bonds. The number of nitrogens with zero attached hydrogens (tertiary/aromatic N) is 4. The molecule has 5 heterocycles. The molecule has 1 aliphatic heterocycles. The van der Waals surface area contributed by atoms with Crippen LogP contribution in [0.1, 0.15) is 26.3 Å². The number of hydrogen-bond acceptors (Lipinski definition) is 3. The molecule has 4 aromatic heterocycles. The first kappa shape index (κ1) is 41.1. The fourth-order valence-corrected chi connectivity index (χ4v) is 10.8. The first-order valence-corrected chi connectivity index (χ1v) is 23.2. The van der Waals surface area contributed by atoms with Gasteiger partial charge in [0.2, 0.25) is 0 Å². The Labute approximate surface area is 407 Å². The second kappa shape index (κ2) is 15.9. The first-order chi connectivity index (χ1) is 32.4. The molecule has 0 bridgehead atoms. The Balaban J connectivity index is 0.00000468. The van der Waals surface area contributed by atoms with Crippen LogP contribution in [0.5, 0.6) is 11.5 Å². The number of rotatable bonds is 5. The van der Waals surface area contributed by atoms with Gasteiger partial charge in [0.15, 0.2) is 0 Å². The van der Waals surface area contributed by atoms with E-state index < -0.39 is 0 Å². The zero-order valence-electron chi connectivity index (χ0n) is 36.8. The third kappa shape index (κ3) is 6.61. The van der Waals surface area contributed by atoms with Gasteiger partial charge < -0.3 is 9.30 Å². The van der Waals surface area contributed by atoms with Crippen LogP contribution >= 0.6 is 11.3 Å². The molecule has 12 aromatic rings. The van der Waals surface area contributed by atoms with E-state index in [9.17, 15) is 0 Å². The van der Waals surface area contributed by atoms with Gasteiger partial charge in [-0.15, -0.1) is 23.6 Å². The summed E-state index contributed by atoms with van der Waals surface area (Å²) >= 11 is 1.70. The fraction of sp³-hybridized carbons (Fsp3) is 0.0667. The molecule has 324 valence electrons. The van der Waals surface area contributed by atoms with E-state index in [2.05, 4.69) is 222 Å². The normalized spacial score (nSPS) is 12.0. The summed E-state index contributed by atoms with van der Waals surface area (Å²) in [6.07, 6.45) is 5.85. The van der Waals surface area contributed by atoms with Crippen LogP contribution in [0.3, 0.4) is 0 Å². The minimum atomic E-state index is -0.0297. The molecule has 0 saturated carbocycles. The molecular formula is C60H40N4OPtS-2. The zero-order valence-corrected chi connectivity index (χ0v) is 39.9. The smallest absolute Gasteiger partial charge is 0.269 e. The Morgan fingerprint density at radius 3 is 2.00 bits per heavy atom. The van der Waals surface area contributed by atoms with E-state index in [1.54, 1.807) is 11.3 Å². The van der Waals surface area contributed by atoms with Crippen LogP contribution in [0.4, 0.5) is 0 Å². The standard InChI is InChI=1S/C60H40N4OS.Pt/c1-60(2,3)39-31-32-61-57(33-39)64-52-25-12-11-21-47(52)48-29-27-41(35-54(48)64)65-40-28-30-56-51(34-40)55(36-66-56)62-37-63-58-42(38-15-5-4-6-16-38)22-13-23-49(58)45-19-9-7-17-43(45)44-18-8-10-20-46(44)50-24-14-26-53(62)59(50)63;/h4-33,36H,1-3H3;/q-2;. The summed E-state index contributed by atoms with van der Waals surface area (Å²) in [6, 6.07) is 70.0. The van der Waals surface area contributed by atoms with Gasteiger partial charge >= 0.3 is 0 Å². The molecule has 0 spiro atoms. The third-order valence-electron chi connectivity index (χ3n) is 13.0. The number of para-hydroxylation sites is 3. The Hall–Kier alpha value is -7.37. The molecule has 0 aliphatic carbocycles. The second-order valence-electron chi connectivity index (χ2n) is 18.0. The number of thiophene rings is 1. The van der Waals surface area contributed by atoms with Crippen molar-refractivity contribution in [3.63, 3.8) is 0 Å². The van der Waals surface area contributed by atoms with Gasteiger partial charge in [0.05, 0.1) is 22.4 Å². The SMILES string of the molecule is CC(C)(C)c1ccnc(-n2c3[c-]c(Oc4[c-]c5c(-n6[c-][n+]7c8c(cccc86)-c6ccccc6-c6ccccc6-c6cccc(-c8ccccc8)c6-7)csc5cc4)ccc3c3ccccc32)c1.[Pt]. The fourth-order valence-electron chi connectivity index (χ4n) is 9.92. The van der Waals surface area contributed by atoms with Crippen molar-refractivity contribution in [3.05, 3.63) is 212 Å². The number of ether oxygens (including phenoxy) is 1. The van der Waals surface area contributed by atoms with Crippen LogP contribution in [0.25, 0.3) is 105 Å². The topological polar surface area (TPSA) is 35.9 Å². The maximum Gasteiger partial charge on any atom is 0.269 e. The predicted molar refractivity (Wildman–Crippen MR) is 269 cm³/mol. The maximum absolute atomic E-state index is 6.73. The molecule has 67 heavy (non-hydrogen) atoms. The maximum atomic E-state index is 6.73. The van der Waals surface area contributed by atoms with E-state index in [-0.39, 0.29) is 26.5 Å². The molecule has 0 radical (unpaired) electrons. The van der Waals surface area contributed by atoms with Gasteiger partial charge in [0, 0.05) is 44.3 Å². The van der Waals surface area contributed by atoms with Gasteiger partial charge in [-0.2, -0.15) is 6.07 Å². The van der Waals surface area contributed by atoms with Crippen molar-refractivity contribution >= 4 is 54.3 Å². The van der Waals surface area contributed by atoms with Crippen LogP contribution in [-0.4, -0.2) is 14.1 Å². The van der Waals surface area contributed by atoms with Crippen LogP contribution in [0, 0.1) is 18.5 Å². The molecule has 1 aliphatic rings. The second-order valence-corrected chi connectivity index (χ2v) is 18.9. The molecule has 5 nitrogen and oxygen atoms in total. The molecule has 0 fully saturated rings. The molecule has 0 unspecified atom stereocenters. The van der Waals surface area contributed by atoms with Crippen molar-refractivity contribution in [1.82, 2.24) is 14.1 Å². The monoisotopic (exact) mass is 1060 g/mol. The largest absolute Gasteiger partial charge is 0.503 e. The summed E-state index contributed by atoms with van der Waals surface area (Å²) in [5.41, 5.74) is 16.6. The van der Waals surface area contributed by atoms with E-state index in [0.717, 1.165) is 82.4 Å². The average Bonchev–Trinajstić information content (AvgIpc) is 4.05. The summed E-state index contributed by atoms with van der Waals surface area (Å²) in [6.45, 7) is 6.69. The summed E-state index contributed by atoms with van der Waals surface area (Å²) in [7, 11) is 0. The number of hydrogen-bond donors (Lipinski definition) is 0. The number of aromatic nitrogens is 4. The molecule has 7 heteroatoms. The van der Waals surface area contributed by atoms with Crippen molar-refractivity contribution in [2.24, 2.45) is 0 Å². The van der Waals surface area contributed by atoms with Crippen molar-refractivity contribution in [2.75, 3.05) is 0 Å². The van der Waals surface area contributed by atoms with Crippen LogP contribution < -0.4 is 9.30 Å². The van der Waals surface area contributed by atoms with Gasteiger partial charge in [0.25, 0.3) is 6.33 Å². The summed E-state index contributed by atoms with van der Waals surface area (Å²) in [4.78, 5) is 4.87. The van der Waals surface area contributed by atoms with E-state index >= 15 is 0 Å². The summed E-state index contributed by atoms with van der Waals surface area (Å²) in [5, 5.41) is 5.40. The van der Waals surface area contributed by atoms with Gasteiger partial charge in [-0.25, -0.2) is 16.3 Å². The Morgan fingerprint density at radius 2 is 1.21 bits per heavy atom. The average molecular weight is 1060 g/mol. The van der Waals surface area contributed by atoms with Gasteiger partial charge in [-0.3, -0.25) is 9.13 Å². The van der Waals surface area contributed by atoms with Crippen LogP contribution in [0.2, 0.25) is 0 Å². The third-order valence-corrected chi connectivity index (χ3v) is 14.0. The molecule has 13 rings (SSSR count). The number of imidazole rings is 1. The Bertz CT molecular complexity index is 3910. The zero-order chi connectivity index (χ0) is 44.1. The van der Waals surface area contributed by atoms with Gasteiger partial charge in [-0.05, 0) is 84.5 Å². The quantitative estimate of drug-likeness (QED) is 0.127. The predicted octanol–water partition coefficient (Wildman–Crippen LogP) is 15.1. The molecule has 8 aromatic carbocycles. The summed E-state index contributed by atoms with van der Waals surface area (Å²) in [5.74, 6) is 2.06. The van der Waals surface area contributed by atoms with Crippen molar-refractivity contribution in [2.45, 2.75) is 26.2 Å². The van der Waals surface area contributed by atoms with Crippen molar-refractivity contribution < 1.29 is 30.4 Å². The number of fused-ring (bicyclic) bond motifs is 11.